The number of esters is 1. The molecule has 1 saturated carbocycles. The van der Waals surface area contributed by atoms with Gasteiger partial charge in [0.2, 0.25) is 0 Å². The fraction of sp³-hybridized carbons (Fsp3) is 0.417. The topological polar surface area (TPSA) is 26.3 Å². The van der Waals surface area contributed by atoms with E-state index in [0.717, 1.165) is 0 Å². The maximum absolute atomic E-state index is 13.6. The molecule has 0 saturated heterocycles. The summed E-state index contributed by atoms with van der Waals surface area (Å²) in [4.78, 5) is 11.4. The largest absolute Gasteiger partial charge is 0.466 e. The first kappa shape index (κ1) is 11.6. The highest BCUT2D eigenvalue weighted by Gasteiger charge is 2.46. The van der Waals surface area contributed by atoms with Gasteiger partial charge in [-0.2, -0.15) is 0 Å². The van der Waals surface area contributed by atoms with Gasteiger partial charge in [0.05, 0.1) is 12.5 Å². The van der Waals surface area contributed by atoms with E-state index in [1.165, 1.54) is 6.07 Å². The van der Waals surface area contributed by atoms with Crippen LogP contribution in [0.3, 0.4) is 0 Å². The van der Waals surface area contributed by atoms with Crippen molar-refractivity contribution in [2.75, 3.05) is 6.61 Å². The average molecular weight is 287 g/mol. The summed E-state index contributed by atoms with van der Waals surface area (Å²) in [6.07, 6.45) is 0.692. The smallest absolute Gasteiger partial charge is 0.309 e. The van der Waals surface area contributed by atoms with Gasteiger partial charge < -0.3 is 4.74 Å². The van der Waals surface area contributed by atoms with Crippen molar-refractivity contribution in [1.29, 1.82) is 0 Å². The van der Waals surface area contributed by atoms with E-state index in [1.54, 1.807) is 19.1 Å². The zero-order valence-electron chi connectivity index (χ0n) is 8.87. The molecule has 0 aliphatic heterocycles. The van der Waals surface area contributed by atoms with Crippen LogP contribution in [0.15, 0.2) is 22.7 Å². The molecule has 0 N–H and O–H groups in total. The molecule has 0 spiro atoms. The number of ether oxygens (including phenoxy) is 1. The van der Waals surface area contributed by atoms with Gasteiger partial charge in [0, 0.05) is 10.4 Å². The third-order valence-electron chi connectivity index (χ3n) is 2.74. The highest BCUT2D eigenvalue weighted by Crippen LogP contribution is 2.49. The summed E-state index contributed by atoms with van der Waals surface area (Å²) in [6.45, 7) is 2.15. The molecule has 1 aromatic rings. The van der Waals surface area contributed by atoms with Gasteiger partial charge in [-0.05, 0) is 31.0 Å². The summed E-state index contributed by atoms with van der Waals surface area (Å²) >= 11 is 3.20. The maximum Gasteiger partial charge on any atom is 0.309 e. The third kappa shape index (κ3) is 2.26. The van der Waals surface area contributed by atoms with Crippen LogP contribution < -0.4 is 0 Å². The van der Waals surface area contributed by atoms with Crippen LogP contribution in [0.2, 0.25) is 0 Å². The SMILES string of the molecule is CCOC(=O)[C@H]1C[C@H]1c1ccc(Br)cc1F. The van der Waals surface area contributed by atoms with Crippen LogP contribution in [0.25, 0.3) is 0 Å². The van der Waals surface area contributed by atoms with E-state index in [1.807, 2.05) is 0 Å². The van der Waals surface area contributed by atoms with Crippen LogP contribution in [-0.2, 0) is 9.53 Å². The van der Waals surface area contributed by atoms with Gasteiger partial charge in [-0.15, -0.1) is 0 Å². The van der Waals surface area contributed by atoms with Crippen LogP contribution in [0.1, 0.15) is 24.8 Å². The molecular formula is C12H12BrFO2. The van der Waals surface area contributed by atoms with Crippen molar-refractivity contribution in [2.45, 2.75) is 19.3 Å². The Labute approximate surface area is 102 Å². The summed E-state index contributed by atoms with van der Waals surface area (Å²) in [6, 6.07) is 4.94. The van der Waals surface area contributed by atoms with Crippen molar-refractivity contribution < 1.29 is 13.9 Å². The number of benzene rings is 1. The standard InChI is InChI=1S/C12H12BrFO2/c1-2-16-12(15)10-6-9(10)8-4-3-7(13)5-11(8)14/h3-5,9-10H,2,6H2,1H3/t9-,10-/m0/s1. The fourth-order valence-electron chi connectivity index (χ4n) is 1.85. The number of hydrogen-bond acceptors (Lipinski definition) is 2. The highest BCUT2D eigenvalue weighted by atomic mass is 79.9. The van der Waals surface area contributed by atoms with Gasteiger partial charge in [-0.3, -0.25) is 4.79 Å². The Balaban J connectivity index is 2.08. The molecule has 2 nitrogen and oxygen atoms in total. The van der Waals surface area contributed by atoms with Crippen LogP contribution in [-0.4, -0.2) is 12.6 Å². The van der Waals surface area contributed by atoms with E-state index in [0.29, 0.717) is 23.1 Å². The third-order valence-corrected chi connectivity index (χ3v) is 3.24. The minimum atomic E-state index is -0.258. The summed E-state index contributed by atoms with van der Waals surface area (Å²) in [5.74, 6) is -0.635. The zero-order chi connectivity index (χ0) is 11.7. The molecule has 1 aromatic carbocycles. The van der Waals surface area contributed by atoms with Gasteiger partial charge in [0.15, 0.2) is 0 Å². The molecule has 1 aliphatic carbocycles. The predicted octanol–water partition coefficient (Wildman–Crippen LogP) is 3.25. The molecule has 0 radical (unpaired) electrons. The van der Waals surface area contributed by atoms with Crippen LogP contribution >= 0.6 is 15.9 Å². The summed E-state index contributed by atoms with van der Waals surface area (Å²) in [5.41, 5.74) is 0.612. The number of rotatable bonds is 3. The normalized spacial score (nSPS) is 22.9. The fourth-order valence-corrected chi connectivity index (χ4v) is 2.18. The average Bonchev–Trinajstić information content (AvgIpc) is 2.98. The molecule has 1 fully saturated rings. The van der Waals surface area contributed by atoms with Gasteiger partial charge >= 0.3 is 5.97 Å². The molecule has 2 atom stereocenters. The van der Waals surface area contributed by atoms with Crippen molar-refractivity contribution in [3.8, 4) is 0 Å². The van der Waals surface area contributed by atoms with Gasteiger partial charge in [-0.1, -0.05) is 22.0 Å². The molecule has 2 rings (SSSR count). The Bertz CT molecular complexity index is 419. The van der Waals surface area contributed by atoms with Crippen molar-refractivity contribution in [3.63, 3.8) is 0 Å². The molecule has 4 heteroatoms. The van der Waals surface area contributed by atoms with Crippen LogP contribution in [0.4, 0.5) is 4.39 Å². The van der Waals surface area contributed by atoms with Gasteiger partial charge in [0.1, 0.15) is 5.82 Å². The number of carbonyl (C=O) groups is 1. The molecule has 0 unspecified atom stereocenters. The monoisotopic (exact) mass is 286 g/mol. The van der Waals surface area contributed by atoms with E-state index in [-0.39, 0.29) is 23.6 Å². The van der Waals surface area contributed by atoms with Gasteiger partial charge in [0.25, 0.3) is 0 Å². The van der Waals surface area contributed by atoms with E-state index in [4.69, 9.17) is 4.74 Å². The van der Waals surface area contributed by atoms with Crippen LogP contribution in [0, 0.1) is 11.7 Å². The van der Waals surface area contributed by atoms with E-state index in [9.17, 15) is 9.18 Å². The van der Waals surface area contributed by atoms with Crippen molar-refractivity contribution in [3.05, 3.63) is 34.1 Å². The summed E-state index contributed by atoms with van der Waals surface area (Å²) < 4.78 is 19.2. The first-order valence-electron chi connectivity index (χ1n) is 5.25. The molecular weight excluding hydrogens is 275 g/mol. The van der Waals surface area contributed by atoms with Crippen molar-refractivity contribution in [2.24, 2.45) is 5.92 Å². The Morgan fingerprint density at radius 2 is 2.38 bits per heavy atom. The van der Waals surface area contributed by atoms with Crippen molar-refractivity contribution >= 4 is 21.9 Å². The lowest BCUT2D eigenvalue weighted by Crippen LogP contribution is -2.07. The quantitative estimate of drug-likeness (QED) is 0.798. The van der Waals surface area contributed by atoms with Crippen LogP contribution in [0.5, 0.6) is 0 Å². The second-order valence-electron chi connectivity index (χ2n) is 3.87. The molecule has 1 aliphatic rings. The lowest BCUT2D eigenvalue weighted by molar-refractivity contribution is -0.144. The molecule has 0 amide bonds. The molecule has 16 heavy (non-hydrogen) atoms. The van der Waals surface area contributed by atoms with Crippen molar-refractivity contribution in [1.82, 2.24) is 0 Å². The highest BCUT2D eigenvalue weighted by molar-refractivity contribution is 9.10. The molecule has 0 aromatic heterocycles. The van der Waals surface area contributed by atoms with E-state index in [2.05, 4.69) is 15.9 Å². The summed E-state index contributed by atoms with van der Waals surface area (Å²) in [5, 5.41) is 0. The van der Waals surface area contributed by atoms with E-state index >= 15 is 0 Å². The second-order valence-corrected chi connectivity index (χ2v) is 4.78. The lowest BCUT2D eigenvalue weighted by atomic mass is 10.1. The Morgan fingerprint density at radius 1 is 1.62 bits per heavy atom. The second kappa shape index (κ2) is 4.53. The number of hydrogen-bond donors (Lipinski definition) is 0. The minimum Gasteiger partial charge on any atom is -0.466 e. The first-order chi connectivity index (χ1) is 7.63. The Kier molecular flexibility index (Phi) is 3.28. The maximum atomic E-state index is 13.6. The Morgan fingerprint density at radius 3 is 3.00 bits per heavy atom. The molecule has 86 valence electrons. The van der Waals surface area contributed by atoms with Gasteiger partial charge in [-0.25, -0.2) is 4.39 Å². The molecule has 0 heterocycles. The minimum absolute atomic E-state index is 0.00727. The summed E-state index contributed by atoms with van der Waals surface area (Å²) in [7, 11) is 0. The van der Waals surface area contributed by atoms with E-state index < -0.39 is 0 Å². The predicted molar refractivity (Wildman–Crippen MR) is 61.6 cm³/mol. The number of carbonyl (C=O) groups excluding carboxylic acids is 1. The number of halogens is 2. The zero-order valence-corrected chi connectivity index (χ0v) is 10.5. The molecule has 0 bridgehead atoms. The first-order valence-corrected chi connectivity index (χ1v) is 6.04. The lowest BCUT2D eigenvalue weighted by Gasteiger charge is -2.03. The Hall–Kier alpha value is -0.900.